The van der Waals surface area contributed by atoms with E-state index < -0.39 is 0 Å². The third-order valence-electron chi connectivity index (χ3n) is 3.42. The molecule has 0 spiro atoms. The molecule has 2 saturated heterocycles. The van der Waals surface area contributed by atoms with Crippen molar-refractivity contribution in [1.29, 1.82) is 0 Å². The quantitative estimate of drug-likeness (QED) is 0.817. The Morgan fingerprint density at radius 2 is 2.31 bits per heavy atom. The summed E-state index contributed by atoms with van der Waals surface area (Å²) in [5.74, 6) is 3.22. The fraction of sp³-hybridized carbons (Fsp3) is 0.917. The number of thioether (sulfide) groups is 1. The molecule has 3 unspecified atom stereocenters. The van der Waals surface area contributed by atoms with Crippen LogP contribution in [0.1, 0.15) is 33.6 Å². The monoisotopic (exact) mass is 242 g/mol. The molecule has 16 heavy (non-hydrogen) atoms. The Morgan fingerprint density at radius 3 is 2.88 bits per heavy atom. The number of nitrogens with zero attached hydrogens (tertiary/aromatic N) is 1. The summed E-state index contributed by atoms with van der Waals surface area (Å²) in [6.07, 6.45) is 2.34. The molecule has 2 aliphatic heterocycles. The van der Waals surface area contributed by atoms with Crippen molar-refractivity contribution in [2.75, 3.05) is 11.5 Å². The van der Waals surface area contributed by atoms with E-state index in [1.165, 1.54) is 5.75 Å². The highest BCUT2D eigenvalue weighted by Crippen LogP contribution is 2.27. The first-order chi connectivity index (χ1) is 7.59. The molecule has 2 fully saturated rings. The average molecular weight is 242 g/mol. The number of hydrogen-bond donors (Lipinski definition) is 1. The third kappa shape index (κ3) is 2.38. The first-order valence-electron chi connectivity index (χ1n) is 6.25. The molecule has 2 aliphatic rings. The van der Waals surface area contributed by atoms with Crippen LogP contribution in [0.25, 0.3) is 0 Å². The fourth-order valence-corrected chi connectivity index (χ4v) is 3.90. The molecule has 0 saturated carbocycles. The first kappa shape index (κ1) is 12.2. The summed E-state index contributed by atoms with van der Waals surface area (Å²) in [6, 6.07) is 0.526. The second-order valence-corrected chi connectivity index (χ2v) is 6.44. The molecule has 0 aromatic rings. The molecule has 0 bridgehead atoms. The molecule has 2 heterocycles. The minimum atomic E-state index is 0.0561. The van der Waals surface area contributed by atoms with Crippen LogP contribution in [0.15, 0.2) is 0 Å². The van der Waals surface area contributed by atoms with E-state index in [1.54, 1.807) is 0 Å². The standard InChI is InChI=1S/C12H22N2OS/c1-8(2)6-11-12(15)14(9(3)13-11)10-4-5-16-7-10/h8-11,13H,4-7H2,1-3H3. The van der Waals surface area contributed by atoms with Crippen LogP contribution in [-0.4, -0.2) is 40.6 Å². The van der Waals surface area contributed by atoms with Gasteiger partial charge in [0.1, 0.15) is 0 Å². The van der Waals surface area contributed by atoms with Gasteiger partial charge in [0.2, 0.25) is 5.91 Å². The molecule has 2 rings (SSSR count). The molecule has 0 aliphatic carbocycles. The Bertz CT molecular complexity index is 264. The summed E-state index contributed by atoms with van der Waals surface area (Å²) in [4.78, 5) is 14.4. The molecule has 1 amide bonds. The number of carbonyl (C=O) groups excluding carboxylic acids is 1. The van der Waals surface area contributed by atoms with Gasteiger partial charge in [0.15, 0.2) is 0 Å². The molecule has 4 heteroatoms. The SMILES string of the molecule is CC(C)CC1NC(C)N(C2CCSC2)C1=O. The molecule has 0 aromatic carbocycles. The van der Waals surface area contributed by atoms with Gasteiger partial charge >= 0.3 is 0 Å². The van der Waals surface area contributed by atoms with E-state index in [2.05, 4.69) is 31.0 Å². The molecule has 0 radical (unpaired) electrons. The second-order valence-electron chi connectivity index (χ2n) is 5.29. The van der Waals surface area contributed by atoms with Gasteiger partial charge in [-0.25, -0.2) is 0 Å². The van der Waals surface area contributed by atoms with E-state index in [0.29, 0.717) is 17.9 Å². The molecular formula is C12H22N2OS. The van der Waals surface area contributed by atoms with Crippen molar-refractivity contribution in [2.24, 2.45) is 5.92 Å². The summed E-state index contributed by atoms with van der Waals surface area (Å²) in [7, 11) is 0. The highest BCUT2D eigenvalue weighted by atomic mass is 32.2. The zero-order valence-electron chi connectivity index (χ0n) is 10.4. The fourth-order valence-electron chi connectivity index (χ4n) is 2.69. The van der Waals surface area contributed by atoms with Crippen LogP contribution in [0.2, 0.25) is 0 Å². The van der Waals surface area contributed by atoms with Gasteiger partial charge in [-0.2, -0.15) is 11.8 Å². The number of nitrogens with one attached hydrogen (secondary N) is 1. The van der Waals surface area contributed by atoms with Crippen molar-refractivity contribution in [3.8, 4) is 0 Å². The Kier molecular flexibility index (Phi) is 3.80. The molecule has 0 aromatic heterocycles. The van der Waals surface area contributed by atoms with Gasteiger partial charge < -0.3 is 4.90 Å². The van der Waals surface area contributed by atoms with Crippen LogP contribution in [0.5, 0.6) is 0 Å². The predicted octanol–water partition coefficient (Wildman–Crippen LogP) is 1.68. The van der Waals surface area contributed by atoms with E-state index in [9.17, 15) is 4.79 Å². The Balaban J connectivity index is 2.01. The first-order valence-corrected chi connectivity index (χ1v) is 7.41. The van der Waals surface area contributed by atoms with Gasteiger partial charge in [-0.1, -0.05) is 13.8 Å². The minimum Gasteiger partial charge on any atom is -0.322 e. The van der Waals surface area contributed by atoms with E-state index in [-0.39, 0.29) is 12.2 Å². The molecule has 92 valence electrons. The molecule has 3 atom stereocenters. The van der Waals surface area contributed by atoms with Crippen molar-refractivity contribution >= 4 is 17.7 Å². The predicted molar refractivity (Wildman–Crippen MR) is 68.4 cm³/mol. The summed E-state index contributed by atoms with van der Waals surface area (Å²) < 4.78 is 0. The van der Waals surface area contributed by atoms with Gasteiger partial charge in [-0.05, 0) is 31.4 Å². The Hall–Kier alpha value is -0.220. The minimum absolute atomic E-state index is 0.0561. The van der Waals surface area contributed by atoms with E-state index >= 15 is 0 Å². The maximum absolute atomic E-state index is 12.3. The molecule has 1 N–H and O–H groups in total. The summed E-state index contributed by atoms with van der Waals surface area (Å²) in [6.45, 7) is 6.46. The lowest BCUT2D eigenvalue weighted by Crippen LogP contribution is -2.43. The van der Waals surface area contributed by atoms with E-state index in [0.717, 1.165) is 18.6 Å². The smallest absolute Gasteiger partial charge is 0.241 e. The van der Waals surface area contributed by atoms with Crippen LogP contribution >= 0.6 is 11.8 Å². The lowest BCUT2D eigenvalue weighted by molar-refractivity contribution is -0.131. The second kappa shape index (κ2) is 4.96. The van der Waals surface area contributed by atoms with Crippen LogP contribution in [0.3, 0.4) is 0 Å². The zero-order chi connectivity index (χ0) is 11.7. The number of carbonyl (C=O) groups is 1. The number of amides is 1. The molecule has 3 nitrogen and oxygen atoms in total. The number of rotatable bonds is 3. The van der Waals surface area contributed by atoms with Crippen molar-refractivity contribution in [1.82, 2.24) is 10.2 Å². The van der Waals surface area contributed by atoms with Crippen LogP contribution in [0.4, 0.5) is 0 Å². The largest absolute Gasteiger partial charge is 0.322 e. The van der Waals surface area contributed by atoms with Gasteiger partial charge in [0.25, 0.3) is 0 Å². The summed E-state index contributed by atoms with van der Waals surface area (Å²) in [5.41, 5.74) is 0. The average Bonchev–Trinajstić information content (AvgIpc) is 2.76. The maximum atomic E-state index is 12.3. The Labute approximate surface area is 102 Å². The van der Waals surface area contributed by atoms with Crippen LogP contribution in [0, 0.1) is 5.92 Å². The zero-order valence-corrected chi connectivity index (χ0v) is 11.2. The van der Waals surface area contributed by atoms with Crippen molar-refractivity contribution in [2.45, 2.75) is 51.9 Å². The van der Waals surface area contributed by atoms with Gasteiger partial charge in [0.05, 0.1) is 12.2 Å². The Morgan fingerprint density at radius 1 is 1.56 bits per heavy atom. The highest BCUT2D eigenvalue weighted by molar-refractivity contribution is 7.99. The highest BCUT2D eigenvalue weighted by Gasteiger charge is 2.41. The van der Waals surface area contributed by atoms with Crippen molar-refractivity contribution in [3.05, 3.63) is 0 Å². The van der Waals surface area contributed by atoms with Crippen molar-refractivity contribution in [3.63, 3.8) is 0 Å². The van der Waals surface area contributed by atoms with Gasteiger partial charge in [-0.3, -0.25) is 10.1 Å². The van der Waals surface area contributed by atoms with Gasteiger partial charge in [0, 0.05) is 11.8 Å². The molecular weight excluding hydrogens is 220 g/mol. The normalized spacial score (nSPS) is 35.4. The maximum Gasteiger partial charge on any atom is 0.241 e. The lowest BCUT2D eigenvalue weighted by atomic mass is 10.0. The summed E-state index contributed by atoms with van der Waals surface area (Å²) in [5, 5.41) is 3.43. The lowest BCUT2D eigenvalue weighted by Gasteiger charge is -2.27. The van der Waals surface area contributed by atoms with Gasteiger partial charge in [-0.15, -0.1) is 0 Å². The topological polar surface area (TPSA) is 32.3 Å². The van der Waals surface area contributed by atoms with E-state index in [1.807, 2.05) is 11.8 Å². The number of hydrogen-bond acceptors (Lipinski definition) is 3. The summed E-state index contributed by atoms with van der Waals surface area (Å²) >= 11 is 1.97. The van der Waals surface area contributed by atoms with Crippen LogP contribution < -0.4 is 5.32 Å². The van der Waals surface area contributed by atoms with Crippen LogP contribution in [-0.2, 0) is 4.79 Å². The van der Waals surface area contributed by atoms with Crippen molar-refractivity contribution < 1.29 is 4.79 Å². The van der Waals surface area contributed by atoms with E-state index in [4.69, 9.17) is 0 Å². The third-order valence-corrected chi connectivity index (χ3v) is 4.56.